The fourth-order valence-electron chi connectivity index (χ4n) is 4.65. The number of amides is 1. The lowest BCUT2D eigenvalue weighted by Gasteiger charge is -2.26. The number of benzene rings is 2. The third-order valence-electron chi connectivity index (χ3n) is 6.06. The first kappa shape index (κ1) is 20.4. The maximum absolute atomic E-state index is 13.1. The fraction of sp³-hybridized carbons (Fsp3) is 0.360. The quantitative estimate of drug-likeness (QED) is 0.449. The number of likely N-dealkylation sites (tertiary alicyclic amines) is 1. The predicted molar refractivity (Wildman–Crippen MR) is 117 cm³/mol. The van der Waals surface area contributed by atoms with Crippen LogP contribution < -0.4 is 14.2 Å². The van der Waals surface area contributed by atoms with E-state index in [-0.39, 0.29) is 17.4 Å². The van der Waals surface area contributed by atoms with Crippen LogP contribution in [0.3, 0.4) is 0 Å². The lowest BCUT2D eigenvalue weighted by atomic mass is 9.94. The molecule has 2 unspecified atom stereocenters. The standard InChI is InChI=1S/C25H25NO6/c1-3-8-26-22(15-4-7-19-20(13-15)31-10-9-30-19)21(24(28)25(26)29)23(27)16-5-6-18-17(12-16)11-14(2)32-18/h4-7,12-14,22,27H,3,8-11H2,1-2H3/b23-21-. The van der Waals surface area contributed by atoms with Gasteiger partial charge in [-0.05, 0) is 54.8 Å². The minimum absolute atomic E-state index is 0.0650. The van der Waals surface area contributed by atoms with E-state index >= 15 is 0 Å². The van der Waals surface area contributed by atoms with Gasteiger partial charge in [0.05, 0.1) is 11.6 Å². The van der Waals surface area contributed by atoms with Crippen molar-refractivity contribution in [2.45, 2.75) is 38.8 Å². The molecule has 2 aromatic rings. The number of nitrogens with zero attached hydrogens (tertiary/aromatic N) is 1. The van der Waals surface area contributed by atoms with Gasteiger partial charge < -0.3 is 24.2 Å². The van der Waals surface area contributed by atoms with Crippen LogP contribution in [0.5, 0.6) is 17.2 Å². The van der Waals surface area contributed by atoms with E-state index in [9.17, 15) is 14.7 Å². The molecular weight excluding hydrogens is 410 g/mol. The first-order valence-corrected chi connectivity index (χ1v) is 11.0. The summed E-state index contributed by atoms with van der Waals surface area (Å²) in [5.74, 6) is 0.514. The van der Waals surface area contributed by atoms with Crippen LogP contribution in [0.25, 0.3) is 5.76 Å². The summed E-state index contributed by atoms with van der Waals surface area (Å²) in [5.41, 5.74) is 2.26. The Bertz CT molecular complexity index is 1140. The summed E-state index contributed by atoms with van der Waals surface area (Å²) < 4.78 is 17.1. The van der Waals surface area contributed by atoms with Crippen molar-refractivity contribution in [2.75, 3.05) is 19.8 Å². The molecule has 0 radical (unpaired) electrons. The molecule has 1 saturated heterocycles. The molecule has 166 valence electrons. The van der Waals surface area contributed by atoms with Crippen LogP contribution in [-0.4, -0.2) is 47.6 Å². The Morgan fingerprint density at radius 3 is 2.59 bits per heavy atom. The summed E-state index contributed by atoms with van der Waals surface area (Å²) in [5, 5.41) is 11.2. The number of hydrogen-bond acceptors (Lipinski definition) is 6. The van der Waals surface area contributed by atoms with Crippen molar-refractivity contribution in [2.24, 2.45) is 0 Å². The second kappa shape index (κ2) is 7.89. The van der Waals surface area contributed by atoms with E-state index in [4.69, 9.17) is 14.2 Å². The molecule has 0 aliphatic carbocycles. The molecule has 7 nitrogen and oxygen atoms in total. The topological polar surface area (TPSA) is 85.3 Å². The number of Topliss-reactive ketones (excluding diaryl/α,β-unsaturated/α-hetero) is 1. The molecule has 2 aromatic carbocycles. The molecule has 0 saturated carbocycles. The second-order valence-corrected chi connectivity index (χ2v) is 8.35. The third kappa shape index (κ3) is 3.28. The maximum atomic E-state index is 13.1. The maximum Gasteiger partial charge on any atom is 0.295 e. The van der Waals surface area contributed by atoms with Gasteiger partial charge in [0, 0.05) is 18.5 Å². The predicted octanol–water partition coefficient (Wildman–Crippen LogP) is 3.61. The Labute approximate surface area is 186 Å². The first-order chi connectivity index (χ1) is 15.5. The fourth-order valence-corrected chi connectivity index (χ4v) is 4.65. The number of rotatable bonds is 4. The Morgan fingerprint density at radius 1 is 1.06 bits per heavy atom. The number of aliphatic hydroxyl groups excluding tert-OH is 1. The number of ketones is 1. The highest BCUT2D eigenvalue weighted by Gasteiger charge is 2.46. The van der Waals surface area contributed by atoms with Gasteiger partial charge >= 0.3 is 0 Å². The molecule has 3 aliphatic heterocycles. The van der Waals surface area contributed by atoms with Gasteiger partial charge in [0.2, 0.25) is 0 Å². The average Bonchev–Trinajstić information content (AvgIpc) is 3.29. The van der Waals surface area contributed by atoms with Gasteiger partial charge in [0.1, 0.15) is 30.8 Å². The van der Waals surface area contributed by atoms with Gasteiger partial charge in [-0.1, -0.05) is 13.0 Å². The summed E-state index contributed by atoms with van der Waals surface area (Å²) in [6.07, 6.45) is 1.48. The second-order valence-electron chi connectivity index (χ2n) is 8.35. The van der Waals surface area contributed by atoms with E-state index in [2.05, 4.69) is 0 Å². The summed E-state index contributed by atoms with van der Waals surface area (Å²) in [6, 6.07) is 10.0. The van der Waals surface area contributed by atoms with Crippen molar-refractivity contribution in [3.05, 3.63) is 58.7 Å². The van der Waals surface area contributed by atoms with E-state index in [0.717, 1.165) is 17.7 Å². The number of carbonyl (C=O) groups is 2. The van der Waals surface area contributed by atoms with Crippen LogP contribution in [0.4, 0.5) is 0 Å². The molecular formula is C25H25NO6. The Balaban J connectivity index is 1.63. The van der Waals surface area contributed by atoms with Crippen LogP contribution in [0.15, 0.2) is 42.0 Å². The first-order valence-electron chi connectivity index (χ1n) is 11.0. The smallest absolute Gasteiger partial charge is 0.295 e. The van der Waals surface area contributed by atoms with Crippen LogP contribution in [0.1, 0.15) is 43.0 Å². The number of hydrogen-bond donors (Lipinski definition) is 1. The van der Waals surface area contributed by atoms with E-state index in [1.807, 2.05) is 26.0 Å². The molecule has 32 heavy (non-hydrogen) atoms. The Kier molecular flexibility index (Phi) is 5.04. The van der Waals surface area contributed by atoms with Gasteiger partial charge in [-0.2, -0.15) is 0 Å². The lowest BCUT2D eigenvalue weighted by molar-refractivity contribution is -0.139. The van der Waals surface area contributed by atoms with Gasteiger partial charge in [-0.3, -0.25) is 9.59 Å². The SMILES string of the molecule is CCCN1C(=O)C(=O)/C(=C(\O)c2ccc3c(c2)CC(C)O3)C1c1ccc2c(c1)OCCO2. The highest BCUT2D eigenvalue weighted by Crippen LogP contribution is 2.43. The van der Waals surface area contributed by atoms with E-state index in [1.165, 1.54) is 4.90 Å². The van der Waals surface area contributed by atoms with Crippen molar-refractivity contribution >= 4 is 17.4 Å². The molecule has 5 rings (SSSR count). The van der Waals surface area contributed by atoms with Crippen molar-refractivity contribution in [1.29, 1.82) is 0 Å². The minimum atomic E-state index is -0.700. The lowest BCUT2D eigenvalue weighted by Crippen LogP contribution is -2.30. The van der Waals surface area contributed by atoms with Crippen molar-refractivity contribution in [3.8, 4) is 17.2 Å². The number of fused-ring (bicyclic) bond motifs is 2. The molecule has 1 N–H and O–H groups in total. The van der Waals surface area contributed by atoms with Crippen molar-refractivity contribution in [3.63, 3.8) is 0 Å². The molecule has 7 heteroatoms. The largest absolute Gasteiger partial charge is 0.507 e. The van der Waals surface area contributed by atoms with Gasteiger partial charge in [0.15, 0.2) is 11.5 Å². The molecule has 3 heterocycles. The third-order valence-corrected chi connectivity index (χ3v) is 6.06. The van der Waals surface area contributed by atoms with Crippen molar-refractivity contribution < 1.29 is 28.9 Å². The summed E-state index contributed by atoms with van der Waals surface area (Å²) in [4.78, 5) is 27.5. The molecule has 1 fully saturated rings. The van der Waals surface area contributed by atoms with Crippen molar-refractivity contribution in [1.82, 2.24) is 4.90 Å². The number of carbonyl (C=O) groups excluding carboxylic acids is 2. The minimum Gasteiger partial charge on any atom is -0.507 e. The summed E-state index contributed by atoms with van der Waals surface area (Å²) in [6.45, 7) is 5.23. The molecule has 2 atom stereocenters. The zero-order valence-corrected chi connectivity index (χ0v) is 18.1. The summed E-state index contributed by atoms with van der Waals surface area (Å²) in [7, 11) is 0. The van der Waals surface area contributed by atoms with E-state index < -0.39 is 17.7 Å². The monoisotopic (exact) mass is 435 g/mol. The molecule has 1 amide bonds. The zero-order valence-electron chi connectivity index (χ0n) is 18.1. The Morgan fingerprint density at radius 2 is 1.81 bits per heavy atom. The molecule has 0 aromatic heterocycles. The van der Waals surface area contributed by atoms with E-state index in [1.54, 1.807) is 24.3 Å². The zero-order chi connectivity index (χ0) is 22.4. The number of aliphatic hydroxyl groups is 1. The van der Waals surface area contributed by atoms with Crippen LogP contribution in [0.2, 0.25) is 0 Å². The average molecular weight is 435 g/mol. The van der Waals surface area contributed by atoms with Gasteiger partial charge in [0.25, 0.3) is 11.7 Å². The highest BCUT2D eigenvalue weighted by atomic mass is 16.6. The van der Waals surface area contributed by atoms with Crippen LogP contribution >= 0.6 is 0 Å². The van der Waals surface area contributed by atoms with E-state index in [0.29, 0.717) is 48.8 Å². The molecule has 3 aliphatic rings. The Hall–Kier alpha value is -3.48. The van der Waals surface area contributed by atoms with Crippen LogP contribution in [0, 0.1) is 0 Å². The summed E-state index contributed by atoms with van der Waals surface area (Å²) >= 11 is 0. The molecule has 0 spiro atoms. The highest BCUT2D eigenvalue weighted by molar-refractivity contribution is 6.46. The number of ether oxygens (including phenoxy) is 3. The van der Waals surface area contributed by atoms with Gasteiger partial charge in [-0.25, -0.2) is 0 Å². The van der Waals surface area contributed by atoms with Gasteiger partial charge in [-0.15, -0.1) is 0 Å². The normalized spacial score (nSPS) is 23.2. The van der Waals surface area contributed by atoms with Crippen LogP contribution in [-0.2, 0) is 16.0 Å². The molecule has 0 bridgehead atoms.